The van der Waals surface area contributed by atoms with Crippen molar-refractivity contribution in [1.82, 2.24) is 14.9 Å². The highest BCUT2D eigenvalue weighted by atomic mass is 35.5. The van der Waals surface area contributed by atoms with Gasteiger partial charge in [-0.15, -0.1) is 0 Å². The Kier molecular flexibility index (Phi) is 4.95. The summed E-state index contributed by atoms with van der Waals surface area (Å²) in [6.07, 6.45) is 1.55. The van der Waals surface area contributed by atoms with Crippen LogP contribution in [0.4, 0.5) is 0 Å². The monoisotopic (exact) mass is 387 g/mol. The standard InChI is InChI=1S/C20H22ClN3O3/c1-11(19(26)27-20(3,4)5)24-10-14-7-6-13(8-15(14)18(24)25)17-16(21)9-22-12(2)23-17/h6-9,11H,10H2,1-5H3/t11-/m1/s1. The van der Waals surface area contributed by atoms with E-state index in [0.717, 1.165) is 11.1 Å². The Balaban J connectivity index is 1.88. The topological polar surface area (TPSA) is 72.4 Å². The zero-order valence-corrected chi connectivity index (χ0v) is 16.8. The molecule has 6 nitrogen and oxygen atoms in total. The second-order valence-corrected chi connectivity index (χ2v) is 8.04. The number of hydrogen-bond donors (Lipinski definition) is 0. The maximum absolute atomic E-state index is 12.9. The van der Waals surface area contributed by atoms with Crippen LogP contribution in [-0.2, 0) is 16.1 Å². The molecule has 0 spiro atoms. The summed E-state index contributed by atoms with van der Waals surface area (Å²) in [5, 5.41) is 0.421. The zero-order chi connectivity index (χ0) is 19.9. The third kappa shape index (κ3) is 3.95. The van der Waals surface area contributed by atoms with Crippen LogP contribution < -0.4 is 0 Å². The Morgan fingerprint density at radius 3 is 2.70 bits per heavy atom. The number of rotatable bonds is 3. The lowest BCUT2D eigenvalue weighted by Gasteiger charge is -2.27. The lowest BCUT2D eigenvalue weighted by atomic mass is 10.0. The van der Waals surface area contributed by atoms with Crippen molar-refractivity contribution in [2.75, 3.05) is 0 Å². The summed E-state index contributed by atoms with van der Waals surface area (Å²) in [6, 6.07) is 4.85. The molecule has 1 aromatic heterocycles. The molecule has 0 unspecified atom stereocenters. The van der Waals surface area contributed by atoms with Crippen molar-refractivity contribution in [3.63, 3.8) is 0 Å². The molecule has 2 aromatic rings. The minimum Gasteiger partial charge on any atom is -0.458 e. The van der Waals surface area contributed by atoms with Crippen molar-refractivity contribution >= 4 is 23.5 Å². The summed E-state index contributed by atoms with van der Waals surface area (Å²) < 4.78 is 5.41. The first kappa shape index (κ1) is 19.3. The molecule has 0 bridgehead atoms. The van der Waals surface area contributed by atoms with E-state index in [-0.39, 0.29) is 5.91 Å². The van der Waals surface area contributed by atoms with Crippen molar-refractivity contribution in [1.29, 1.82) is 0 Å². The predicted octanol–water partition coefficient (Wildman–Crippen LogP) is 3.79. The number of aryl methyl sites for hydroxylation is 1. The molecular weight excluding hydrogens is 366 g/mol. The average molecular weight is 388 g/mol. The number of aromatic nitrogens is 2. The Bertz CT molecular complexity index is 921. The molecule has 2 heterocycles. The quantitative estimate of drug-likeness (QED) is 0.749. The molecule has 0 saturated carbocycles. The van der Waals surface area contributed by atoms with Crippen LogP contribution in [0, 0.1) is 6.92 Å². The van der Waals surface area contributed by atoms with Gasteiger partial charge >= 0.3 is 5.97 Å². The number of ether oxygens (including phenoxy) is 1. The number of amides is 1. The number of carbonyl (C=O) groups is 2. The van der Waals surface area contributed by atoms with Crippen LogP contribution in [0.25, 0.3) is 11.3 Å². The van der Waals surface area contributed by atoms with Crippen molar-refractivity contribution in [2.24, 2.45) is 0 Å². The molecule has 142 valence electrons. The second kappa shape index (κ2) is 6.93. The van der Waals surface area contributed by atoms with Crippen LogP contribution in [0.5, 0.6) is 0 Å². The molecule has 3 rings (SSSR count). The van der Waals surface area contributed by atoms with E-state index < -0.39 is 17.6 Å². The Labute approximate surface area is 163 Å². The molecule has 0 radical (unpaired) electrons. The Morgan fingerprint density at radius 2 is 2.04 bits per heavy atom. The van der Waals surface area contributed by atoms with Gasteiger partial charge in [0.25, 0.3) is 5.91 Å². The summed E-state index contributed by atoms with van der Waals surface area (Å²) in [5.74, 6) is -0.0214. The van der Waals surface area contributed by atoms with E-state index in [1.807, 2.05) is 12.1 Å². The normalized spacial score (nSPS) is 14.9. The molecule has 27 heavy (non-hydrogen) atoms. The maximum Gasteiger partial charge on any atom is 0.329 e. The van der Waals surface area contributed by atoms with Crippen LogP contribution >= 0.6 is 11.6 Å². The van der Waals surface area contributed by atoms with E-state index in [2.05, 4.69) is 9.97 Å². The highest BCUT2D eigenvalue weighted by Gasteiger charge is 2.36. The number of esters is 1. The van der Waals surface area contributed by atoms with E-state index in [1.165, 1.54) is 4.90 Å². The number of carbonyl (C=O) groups excluding carboxylic acids is 2. The van der Waals surface area contributed by atoms with Crippen LogP contribution in [0.15, 0.2) is 24.4 Å². The van der Waals surface area contributed by atoms with Crippen LogP contribution in [0.1, 0.15) is 49.4 Å². The second-order valence-electron chi connectivity index (χ2n) is 7.63. The third-order valence-electron chi connectivity index (χ3n) is 4.30. The summed E-state index contributed by atoms with van der Waals surface area (Å²) in [7, 11) is 0. The van der Waals surface area contributed by atoms with Crippen molar-refractivity contribution in [3.05, 3.63) is 46.4 Å². The molecule has 0 saturated heterocycles. The predicted molar refractivity (Wildman–Crippen MR) is 102 cm³/mol. The molecule has 1 amide bonds. The van der Waals surface area contributed by atoms with Crippen LogP contribution in [0.3, 0.4) is 0 Å². The lowest BCUT2D eigenvalue weighted by molar-refractivity contribution is -0.159. The number of hydrogen-bond acceptors (Lipinski definition) is 5. The largest absolute Gasteiger partial charge is 0.458 e. The fourth-order valence-corrected chi connectivity index (χ4v) is 3.16. The lowest BCUT2D eigenvalue weighted by Crippen LogP contribution is -2.42. The zero-order valence-electron chi connectivity index (χ0n) is 16.0. The molecular formula is C20H22ClN3O3. The first-order valence-corrected chi connectivity index (χ1v) is 9.11. The Morgan fingerprint density at radius 1 is 1.33 bits per heavy atom. The molecule has 1 atom stereocenters. The fourth-order valence-electron chi connectivity index (χ4n) is 2.96. The Hall–Kier alpha value is -2.47. The van der Waals surface area contributed by atoms with E-state index in [4.69, 9.17) is 16.3 Å². The van der Waals surface area contributed by atoms with Gasteiger partial charge in [0, 0.05) is 23.9 Å². The molecule has 0 N–H and O–H groups in total. The van der Waals surface area contributed by atoms with Gasteiger partial charge in [0.1, 0.15) is 17.5 Å². The van der Waals surface area contributed by atoms with E-state index in [0.29, 0.717) is 28.6 Å². The summed E-state index contributed by atoms with van der Waals surface area (Å²) in [6.45, 7) is 9.24. The van der Waals surface area contributed by atoms with Gasteiger partial charge in [0.05, 0.1) is 10.7 Å². The van der Waals surface area contributed by atoms with E-state index in [1.54, 1.807) is 46.9 Å². The fraction of sp³-hybridized carbons (Fsp3) is 0.400. The highest BCUT2D eigenvalue weighted by molar-refractivity contribution is 6.32. The number of halogens is 1. The molecule has 0 fully saturated rings. The molecule has 0 aliphatic carbocycles. The van der Waals surface area contributed by atoms with Gasteiger partial charge in [-0.1, -0.05) is 23.7 Å². The molecule has 1 aromatic carbocycles. The highest BCUT2D eigenvalue weighted by Crippen LogP contribution is 2.32. The minimum atomic E-state index is -0.669. The van der Waals surface area contributed by atoms with Gasteiger partial charge in [-0.25, -0.2) is 14.8 Å². The summed E-state index contributed by atoms with van der Waals surface area (Å²) in [4.78, 5) is 35.2. The molecule has 7 heteroatoms. The molecule has 1 aliphatic rings. The number of benzene rings is 1. The number of fused-ring (bicyclic) bond motifs is 1. The van der Waals surface area contributed by atoms with Crippen LogP contribution in [0.2, 0.25) is 5.02 Å². The van der Waals surface area contributed by atoms with E-state index >= 15 is 0 Å². The van der Waals surface area contributed by atoms with Gasteiger partial charge in [-0.05, 0) is 46.2 Å². The van der Waals surface area contributed by atoms with Crippen molar-refractivity contribution in [2.45, 2.75) is 52.8 Å². The summed E-state index contributed by atoms with van der Waals surface area (Å²) in [5.41, 5.74) is 2.13. The van der Waals surface area contributed by atoms with Crippen LogP contribution in [-0.4, -0.2) is 38.4 Å². The minimum absolute atomic E-state index is 0.202. The van der Waals surface area contributed by atoms with Gasteiger partial charge < -0.3 is 9.64 Å². The maximum atomic E-state index is 12.9. The van der Waals surface area contributed by atoms with Crippen molar-refractivity contribution < 1.29 is 14.3 Å². The summed E-state index contributed by atoms with van der Waals surface area (Å²) >= 11 is 6.22. The first-order chi connectivity index (χ1) is 12.6. The van der Waals surface area contributed by atoms with Crippen molar-refractivity contribution in [3.8, 4) is 11.3 Å². The van der Waals surface area contributed by atoms with Gasteiger partial charge in [0.2, 0.25) is 0 Å². The van der Waals surface area contributed by atoms with Gasteiger partial charge in [-0.2, -0.15) is 0 Å². The van der Waals surface area contributed by atoms with E-state index in [9.17, 15) is 9.59 Å². The van der Waals surface area contributed by atoms with Gasteiger partial charge in [0.15, 0.2) is 0 Å². The first-order valence-electron chi connectivity index (χ1n) is 8.73. The average Bonchev–Trinajstić information content (AvgIpc) is 2.91. The third-order valence-corrected chi connectivity index (χ3v) is 4.57. The smallest absolute Gasteiger partial charge is 0.329 e. The molecule has 1 aliphatic heterocycles. The SMILES string of the molecule is Cc1ncc(Cl)c(-c2ccc3c(c2)C(=O)N([C@H](C)C(=O)OC(C)(C)C)C3)n1. The number of nitrogens with zero attached hydrogens (tertiary/aromatic N) is 3. The van der Waals surface area contributed by atoms with Gasteiger partial charge in [-0.3, -0.25) is 4.79 Å².